The van der Waals surface area contributed by atoms with Crippen molar-refractivity contribution in [1.29, 1.82) is 0 Å². The lowest BCUT2D eigenvalue weighted by Gasteiger charge is -2.14. The number of anilines is 1. The van der Waals surface area contributed by atoms with Gasteiger partial charge in [-0.3, -0.25) is 4.79 Å². The summed E-state index contributed by atoms with van der Waals surface area (Å²) >= 11 is 0. The van der Waals surface area contributed by atoms with Crippen LogP contribution in [0.2, 0.25) is 0 Å². The number of carbonyl (C=O) groups excluding carboxylic acids is 1. The summed E-state index contributed by atoms with van der Waals surface area (Å²) in [5.74, 6) is 0.873. The first-order valence-electron chi connectivity index (χ1n) is 7.35. The molecule has 2 N–H and O–H groups in total. The Kier molecular flexibility index (Phi) is 4.97. The van der Waals surface area contributed by atoms with Gasteiger partial charge in [0.25, 0.3) is 0 Å². The summed E-state index contributed by atoms with van der Waals surface area (Å²) in [6.45, 7) is 5.63. The summed E-state index contributed by atoms with van der Waals surface area (Å²) in [7, 11) is 0. The first-order chi connectivity index (χ1) is 9.24. The Hall–Kier alpha value is -1.35. The summed E-state index contributed by atoms with van der Waals surface area (Å²) in [5, 5.41) is 6.30. The molecule has 104 valence electrons. The Bertz CT molecular complexity index is 416. The van der Waals surface area contributed by atoms with Crippen LogP contribution in [0, 0.1) is 5.92 Å². The monoisotopic (exact) mass is 260 g/mol. The Morgan fingerprint density at radius 2 is 1.84 bits per heavy atom. The standard InChI is InChI=1S/C16H24N2O/c1-3-13-6-5-7-14(4-2)16(13)18-15(19)11-17-10-12-8-9-12/h5-7,12,17H,3-4,8-11H2,1-2H3,(H,18,19). The lowest BCUT2D eigenvalue weighted by Crippen LogP contribution is -2.30. The second-order valence-corrected chi connectivity index (χ2v) is 5.28. The predicted molar refractivity (Wildman–Crippen MR) is 79.4 cm³/mol. The summed E-state index contributed by atoms with van der Waals surface area (Å²) in [6, 6.07) is 6.25. The van der Waals surface area contributed by atoms with Gasteiger partial charge >= 0.3 is 0 Å². The van der Waals surface area contributed by atoms with Crippen molar-refractivity contribution in [3.05, 3.63) is 29.3 Å². The van der Waals surface area contributed by atoms with E-state index in [0.717, 1.165) is 31.0 Å². The first kappa shape index (κ1) is 14.1. The molecule has 0 unspecified atom stereocenters. The van der Waals surface area contributed by atoms with Crippen molar-refractivity contribution in [2.45, 2.75) is 39.5 Å². The normalized spacial score (nSPS) is 14.4. The number of nitrogens with one attached hydrogen (secondary N) is 2. The molecule has 0 atom stereocenters. The number of rotatable bonds is 7. The van der Waals surface area contributed by atoms with Crippen LogP contribution < -0.4 is 10.6 Å². The van der Waals surface area contributed by atoms with Gasteiger partial charge in [-0.05, 0) is 49.3 Å². The molecular formula is C16H24N2O. The van der Waals surface area contributed by atoms with Crippen molar-refractivity contribution in [3.63, 3.8) is 0 Å². The lowest BCUT2D eigenvalue weighted by atomic mass is 10.0. The molecule has 0 aliphatic heterocycles. The predicted octanol–water partition coefficient (Wildman–Crippen LogP) is 2.75. The molecule has 1 aliphatic carbocycles. The summed E-state index contributed by atoms with van der Waals surface area (Å²) in [6.07, 6.45) is 4.51. The maximum Gasteiger partial charge on any atom is 0.238 e. The zero-order chi connectivity index (χ0) is 13.7. The molecule has 1 amide bonds. The Labute approximate surface area is 115 Å². The molecule has 0 bridgehead atoms. The van der Waals surface area contributed by atoms with Gasteiger partial charge in [-0.25, -0.2) is 0 Å². The highest BCUT2D eigenvalue weighted by molar-refractivity contribution is 5.93. The molecule has 3 heteroatoms. The van der Waals surface area contributed by atoms with Crippen molar-refractivity contribution in [2.75, 3.05) is 18.4 Å². The van der Waals surface area contributed by atoms with Crippen LogP contribution in [0.15, 0.2) is 18.2 Å². The lowest BCUT2D eigenvalue weighted by molar-refractivity contribution is -0.115. The SMILES string of the molecule is CCc1cccc(CC)c1NC(=O)CNCC1CC1. The van der Waals surface area contributed by atoms with E-state index in [-0.39, 0.29) is 5.91 Å². The number of para-hydroxylation sites is 1. The van der Waals surface area contributed by atoms with Crippen molar-refractivity contribution in [2.24, 2.45) is 5.92 Å². The summed E-state index contributed by atoms with van der Waals surface area (Å²) in [4.78, 5) is 12.0. The fourth-order valence-corrected chi connectivity index (χ4v) is 2.30. The summed E-state index contributed by atoms with van der Waals surface area (Å²) in [5.41, 5.74) is 3.45. The number of aryl methyl sites for hydroxylation is 2. The van der Waals surface area contributed by atoms with E-state index in [1.165, 1.54) is 24.0 Å². The molecule has 3 nitrogen and oxygen atoms in total. The zero-order valence-electron chi connectivity index (χ0n) is 12.0. The molecular weight excluding hydrogens is 236 g/mol. The number of hydrogen-bond donors (Lipinski definition) is 2. The van der Waals surface area contributed by atoms with Crippen molar-refractivity contribution < 1.29 is 4.79 Å². The van der Waals surface area contributed by atoms with Crippen molar-refractivity contribution in [1.82, 2.24) is 5.32 Å². The molecule has 1 aromatic carbocycles. The van der Waals surface area contributed by atoms with E-state index in [4.69, 9.17) is 0 Å². The third-order valence-corrected chi connectivity index (χ3v) is 3.68. The second kappa shape index (κ2) is 6.71. The van der Waals surface area contributed by atoms with Gasteiger partial charge in [-0.15, -0.1) is 0 Å². The maximum atomic E-state index is 12.0. The topological polar surface area (TPSA) is 41.1 Å². The average molecular weight is 260 g/mol. The molecule has 1 aromatic rings. The van der Waals surface area contributed by atoms with Crippen LogP contribution in [-0.4, -0.2) is 19.0 Å². The van der Waals surface area contributed by atoms with Gasteiger partial charge in [0.15, 0.2) is 0 Å². The maximum absolute atomic E-state index is 12.0. The van der Waals surface area contributed by atoms with Crippen LogP contribution >= 0.6 is 0 Å². The van der Waals surface area contributed by atoms with Crippen LogP contribution in [0.3, 0.4) is 0 Å². The number of benzene rings is 1. The molecule has 0 spiro atoms. The molecule has 0 aromatic heterocycles. The molecule has 0 radical (unpaired) electrons. The average Bonchev–Trinajstić information content (AvgIpc) is 3.23. The third-order valence-electron chi connectivity index (χ3n) is 3.68. The minimum Gasteiger partial charge on any atom is -0.324 e. The fourth-order valence-electron chi connectivity index (χ4n) is 2.30. The fraction of sp³-hybridized carbons (Fsp3) is 0.562. The Balaban J connectivity index is 1.93. The highest BCUT2D eigenvalue weighted by Crippen LogP contribution is 2.27. The van der Waals surface area contributed by atoms with Crippen LogP contribution in [-0.2, 0) is 17.6 Å². The van der Waals surface area contributed by atoms with Crippen LogP contribution in [0.4, 0.5) is 5.69 Å². The zero-order valence-corrected chi connectivity index (χ0v) is 12.0. The van der Waals surface area contributed by atoms with Crippen LogP contribution in [0.5, 0.6) is 0 Å². The minimum atomic E-state index is 0.0660. The molecule has 1 fully saturated rings. The van der Waals surface area contributed by atoms with E-state index in [1.807, 2.05) is 0 Å². The van der Waals surface area contributed by atoms with Gasteiger partial charge < -0.3 is 10.6 Å². The van der Waals surface area contributed by atoms with Crippen molar-refractivity contribution >= 4 is 11.6 Å². The molecule has 1 saturated carbocycles. The van der Waals surface area contributed by atoms with Crippen LogP contribution in [0.1, 0.15) is 37.8 Å². The van der Waals surface area contributed by atoms with Gasteiger partial charge in [0.2, 0.25) is 5.91 Å². The van der Waals surface area contributed by atoms with Gasteiger partial charge in [-0.1, -0.05) is 32.0 Å². The van der Waals surface area contributed by atoms with Crippen molar-refractivity contribution in [3.8, 4) is 0 Å². The Morgan fingerprint density at radius 3 is 2.37 bits per heavy atom. The highest BCUT2D eigenvalue weighted by Gasteiger charge is 2.20. The van der Waals surface area contributed by atoms with Gasteiger partial charge in [0.05, 0.1) is 6.54 Å². The molecule has 2 rings (SSSR count). The smallest absolute Gasteiger partial charge is 0.238 e. The molecule has 19 heavy (non-hydrogen) atoms. The second-order valence-electron chi connectivity index (χ2n) is 5.28. The number of carbonyl (C=O) groups is 1. The summed E-state index contributed by atoms with van der Waals surface area (Å²) < 4.78 is 0. The van der Waals surface area contributed by atoms with Gasteiger partial charge in [0, 0.05) is 5.69 Å². The third kappa shape index (κ3) is 4.06. The number of hydrogen-bond acceptors (Lipinski definition) is 2. The number of amides is 1. The largest absolute Gasteiger partial charge is 0.324 e. The van der Waals surface area contributed by atoms with E-state index in [1.54, 1.807) is 0 Å². The molecule has 0 saturated heterocycles. The Morgan fingerprint density at radius 1 is 1.21 bits per heavy atom. The minimum absolute atomic E-state index is 0.0660. The quantitative estimate of drug-likeness (QED) is 0.791. The van der Waals surface area contributed by atoms with Crippen LogP contribution in [0.25, 0.3) is 0 Å². The molecule has 0 heterocycles. The van der Waals surface area contributed by atoms with E-state index >= 15 is 0 Å². The van der Waals surface area contributed by atoms with Gasteiger partial charge in [-0.2, -0.15) is 0 Å². The van der Waals surface area contributed by atoms with E-state index in [0.29, 0.717) is 6.54 Å². The first-order valence-corrected chi connectivity index (χ1v) is 7.35. The molecule has 1 aliphatic rings. The highest BCUT2D eigenvalue weighted by atomic mass is 16.1. The van der Waals surface area contributed by atoms with Gasteiger partial charge in [0.1, 0.15) is 0 Å². The van der Waals surface area contributed by atoms with E-state index < -0.39 is 0 Å². The van der Waals surface area contributed by atoms with E-state index in [9.17, 15) is 4.79 Å². The van der Waals surface area contributed by atoms with E-state index in [2.05, 4.69) is 42.7 Å².